The first-order chi connectivity index (χ1) is 10.9. The third kappa shape index (κ3) is 4.29. The van der Waals surface area contributed by atoms with Gasteiger partial charge in [-0.05, 0) is 31.0 Å². The lowest BCUT2D eigenvalue weighted by atomic mass is 10.2. The Morgan fingerprint density at radius 1 is 1.26 bits per heavy atom. The summed E-state index contributed by atoms with van der Waals surface area (Å²) < 4.78 is 30.9. The summed E-state index contributed by atoms with van der Waals surface area (Å²) >= 11 is 0. The molecule has 1 aromatic carbocycles. The fourth-order valence-electron chi connectivity index (χ4n) is 2.36. The van der Waals surface area contributed by atoms with Crippen molar-refractivity contribution in [2.24, 2.45) is 0 Å². The topological polar surface area (TPSA) is 92.8 Å². The zero-order valence-electron chi connectivity index (χ0n) is 12.9. The second kappa shape index (κ2) is 7.56. The molecule has 0 radical (unpaired) electrons. The Labute approximate surface area is 135 Å². The second-order valence-electron chi connectivity index (χ2n) is 5.22. The molecule has 1 aliphatic heterocycles. The monoisotopic (exact) mass is 340 g/mol. The lowest BCUT2D eigenvalue weighted by Crippen LogP contribution is -2.29. The van der Waals surface area contributed by atoms with Gasteiger partial charge in [0.25, 0.3) is 5.91 Å². The summed E-state index contributed by atoms with van der Waals surface area (Å²) in [5.41, 5.74) is 0.245. The third-order valence-electron chi connectivity index (χ3n) is 3.64. The van der Waals surface area contributed by atoms with Crippen molar-refractivity contribution in [2.45, 2.75) is 24.2 Å². The van der Waals surface area contributed by atoms with Crippen LogP contribution in [0.25, 0.3) is 0 Å². The van der Waals surface area contributed by atoms with E-state index < -0.39 is 21.9 Å². The lowest BCUT2D eigenvalue weighted by Gasteiger charge is -2.16. The Balaban J connectivity index is 2.07. The maximum Gasteiger partial charge on any atom is 0.307 e. The van der Waals surface area contributed by atoms with Gasteiger partial charge < -0.3 is 10.1 Å². The van der Waals surface area contributed by atoms with Crippen molar-refractivity contribution in [2.75, 3.05) is 26.7 Å². The van der Waals surface area contributed by atoms with E-state index in [2.05, 4.69) is 10.1 Å². The molecule has 0 bridgehead atoms. The number of ether oxygens (including phenoxy) is 1. The van der Waals surface area contributed by atoms with E-state index in [1.807, 2.05) is 0 Å². The quantitative estimate of drug-likeness (QED) is 0.772. The second-order valence-corrected chi connectivity index (χ2v) is 7.16. The summed E-state index contributed by atoms with van der Waals surface area (Å²) in [4.78, 5) is 23.2. The van der Waals surface area contributed by atoms with Gasteiger partial charge in [0, 0.05) is 25.2 Å². The predicted molar refractivity (Wildman–Crippen MR) is 83.4 cm³/mol. The van der Waals surface area contributed by atoms with Crippen LogP contribution in [0.2, 0.25) is 0 Å². The van der Waals surface area contributed by atoms with Gasteiger partial charge in [-0.25, -0.2) is 8.42 Å². The van der Waals surface area contributed by atoms with E-state index in [0.29, 0.717) is 13.1 Å². The molecule has 1 aliphatic rings. The Hall–Kier alpha value is -1.93. The molecule has 1 heterocycles. The maximum atomic E-state index is 12.5. The van der Waals surface area contributed by atoms with Crippen molar-refractivity contribution < 1.29 is 22.7 Å². The minimum Gasteiger partial charge on any atom is -0.469 e. The number of hydrogen-bond donors (Lipinski definition) is 1. The van der Waals surface area contributed by atoms with E-state index in [4.69, 9.17) is 0 Å². The zero-order valence-corrected chi connectivity index (χ0v) is 13.8. The fraction of sp³-hybridized carbons (Fsp3) is 0.467. The van der Waals surface area contributed by atoms with E-state index in [1.54, 1.807) is 0 Å². The Morgan fingerprint density at radius 3 is 2.61 bits per heavy atom. The number of sulfonamides is 1. The van der Waals surface area contributed by atoms with E-state index in [9.17, 15) is 18.0 Å². The molecule has 0 unspecified atom stereocenters. The van der Waals surface area contributed by atoms with Crippen LogP contribution in [-0.2, 0) is 19.6 Å². The van der Waals surface area contributed by atoms with Crippen LogP contribution in [-0.4, -0.2) is 51.3 Å². The van der Waals surface area contributed by atoms with Gasteiger partial charge in [0.1, 0.15) is 0 Å². The smallest absolute Gasteiger partial charge is 0.307 e. The van der Waals surface area contributed by atoms with Crippen molar-refractivity contribution in [1.82, 2.24) is 9.62 Å². The Kier molecular flexibility index (Phi) is 5.73. The number of rotatable bonds is 6. The number of amides is 1. The molecule has 7 nitrogen and oxygen atoms in total. The molecule has 1 saturated heterocycles. The number of benzene rings is 1. The molecular formula is C15H20N2O5S. The summed E-state index contributed by atoms with van der Waals surface area (Å²) in [6, 6.07) is 5.93. The highest BCUT2D eigenvalue weighted by Crippen LogP contribution is 2.21. The molecule has 1 amide bonds. The predicted octanol–water partition coefficient (Wildman–Crippen LogP) is 0.764. The normalized spacial score (nSPS) is 15.3. The molecule has 126 valence electrons. The first-order valence-corrected chi connectivity index (χ1v) is 8.84. The van der Waals surface area contributed by atoms with Gasteiger partial charge in [0.15, 0.2) is 0 Å². The minimum atomic E-state index is -3.55. The molecular weight excluding hydrogens is 320 g/mol. The summed E-state index contributed by atoms with van der Waals surface area (Å²) in [5.74, 6) is -0.844. The Bertz CT molecular complexity index is 681. The molecule has 0 spiro atoms. The van der Waals surface area contributed by atoms with Crippen molar-refractivity contribution in [3.8, 4) is 0 Å². The van der Waals surface area contributed by atoms with Crippen LogP contribution < -0.4 is 5.32 Å². The fourth-order valence-corrected chi connectivity index (χ4v) is 3.92. The van der Waals surface area contributed by atoms with Crippen LogP contribution in [0.5, 0.6) is 0 Å². The molecule has 23 heavy (non-hydrogen) atoms. The minimum absolute atomic E-state index is 0.0635. The molecule has 2 rings (SSSR count). The molecule has 8 heteroatoms. The number of methoxy groups -OCH3 is 1. The molecule has 0 saturated carbocycles. The highest BCUT2D eigenvalue weighted by atomic mass is 32.2. The highest BCUT2D eigenvalue weighted by Gasteiger charge is 2.27. The molecule has 1 aromatic rings. The Morgan fingerprint density at radius 2 is 1.96 bits per heavy atom. The van der Waals surface area contributed by atoms with Gasteiger partial charge in [-0.2, -0.15) is 4.31 Å². The molecule has 1 fully saturated rings. The van der Waals surface area contributed by atoms with Crippen LogP contribution in [0.3, 0.4) is 0 Å². The number of nitrogens with zero attached hydrogens (tertiary/aromatic N) is 1. The average Bonchev–Trinajstić information content (AvgIpc) is 3.10. The molecule has 0 aliphatic carbocycles. The summed E-state index contributed by atoms with van der Waals surface area (Å²) in [5, 5.41) is 2.56. The first-order valence-electron chi connectivity index (χ1n) is 7.40. The summed E-state index contributed by atoms with van der Waals surface area (Å²) in [6.45, 7) is 1.16. The van der Waals surface area contributed by atoms with E-state index >= 15 is 0 Å². The van der Waals surface area contributed by atoms with Crippen molar-refractivity contribution in [3.05, 3.63) is 29.8 Å². The van der Waals surface area contributed by atoms with Crippen LogP contribution in [0, 0.1) is 0 Å². The average molecular weight is 340 g/mol. The van der Waals surface area contributed by atoms with Gasteiger partial charge in [0.05, 0.1) is 18.4 Å². The van der Waals surface area contributed by atoms with E-state index in [1.165, 1.54) is 35.7 Å². The van der Waals surface area contributed by atoms with Crippen LogP contribution in [0.4, 0.5) is 0 Å². The van der Waals surface area contributed by atoms with Gasteiger partial charge in [0.2, 0.25) is 10.0 Å². The van der Waals surface area contributed by atoms with Crippen LogP contribution in [0.15, 0.2) is 29.2 Å². The first kappa shape index (κ1) is 17.4. The number of nitrogens with one attached hydrogen (secondary N) is 1. The number of carbonyl (C=O) groups excluding carboxylic acids is 2. The summed E-state index contributed by atoms with van der Waals surface area (Å²) in [6.07, 6.45) is 1.77. The SMILES string of the molecule is COC(=O)CCNC(=O)c1cccc(S(=O)(=O)N2CCCC2)c1. The largest absolute Gasteiger partial charge is 0.469 e. The van der Waals surface area contributed by atoms with E-state index in [0.717, 1.165) is 12.8 Å². The number of hydrogen-bond acceptors (Lipinski definition) is 5. The summed E-state index contributed by atoms with van der Waals surface area (Å²) in [7, 11) is -2.28. The van der Waals surface area contributed by atoms with Crippen molar-refractivity contribution >= 4 is 21.9 Å². The standard InChI is InChI=1S/C15H20N2O5S/c1-22-14(18)7-8-16-15(19)12-5-4-6-13(11-12)23(20,21)17-9-2-3-10-17/h4-6,11H,2-3,7-10H2,1H3,(H,16,19). The van der Waals surface area contributed by atoms with Gasteiger partial charge in [-0.15, -0.1) is 0 Å². The maximum absolute atomic E-state index is 12.5. The zero-order chi connectivity index (χ0) is 16.9. The van der Waals surface area contributed by atoms with Crippen molar-refractivity contribution in [3.63, 3.8) is 0 Å². The van der Waals surface area contributed by atoms with Gasteiger partial charge in [-0.1, -0.05) is 6.07 Å². The molecule has 0 atom stereocenters. The third-order valence-corrected chi connectivity index (χ3v) is 5.54. The van der Waals surface area contributed by atoms with Crippen LogP contribution >= 0.6 is 0 Å². The molecule has 0 aromatic heterocycles. The number of carbonyl (C=O) groups is 2. The van der Waals surface area contributed by atoms with Gasteiger partial charge >= 0.3 is 5.97 Å². The van der Waals surface area contributed by atoms with Crippen molar-refractivity contribution in [1.29, 1.82) is 0 Å². The molecule has 1 N–H and O–H groups in total. The van der Waals surface area contributed by atoms with Gasteiger partial charge in [-0.3, -0.25) is 9.59 Å². The van der Waals surface area contributed by atoms with Crippen LogP contribution in [0.1, 0.15) is 29.6 Å². The lowest BCUT2D eigenvalue weighted by molar-refractivity contribution is -0.140. The highest BCUT2D eigenvalue weighted by molar-refractivity contribution is 7.89. The van der Waals surface area contributed by atoms with E-state index in [-0.39, 0.29) is 23.4 Å². The number of esters is 1.